The number of rotatable bonds is 3. The van der Waals surface area contributed by atoms with Crippen molar-refractivity contribution in [2.45, 2.75) is 37.8 Å². The third-order valence-corrected chi connectivity index (χ3v) is 4.53. The molecule has 1 aromatic heterocycles. The largest absolute Gasteiger partial charge is 0.393 e. The molecular formula is C18H19ClN2O2. The number of amides is 1. The van der Waals surface area contributed by atoms with Crippen LogP contribution in [0.15, 0.2) is 42.6 Å². The average Bonchev–Trinajstić information content (AvgIpc) is 2.58. The van der Waals surface area contributed by atoms with E-state index in [2.05, 4.69) is 10.3 Å². The first kappa shape index (κ1) is 16.0. The van der Waals surface area contributed by atoms with Gasteiger partial charge in [-0.25, -0.2) is 0 Å². The topological polar surface area (TPSA) is 62.2 Å². The summed E-state index contributed by atoms with van der Waals surface area (Å²) in [5.41, 5.74) is 2.12. The van der Waals surface area contributed by atoms with Crippen molar-refractivity contribution in [1.29, 1.82) is 0 Å². The summed E-state index contributed by atoms with van der Waals surface area (Å²) in [5, 5.41) is 13.0. The van der Waals surface area contributed by atoms with E-state index in [-0.39, 0.29) is 18.1 Å². The molecule has 0 aliphatic heterocycles. The first-order valence-corrected chi connectivity index (χ1v) is 8.21. The van der Waals surface area contributed by atoms with Gasteiger partial charge in [0.15, 0.2) is 0 Å². The minimum Gasteiger partial charge on any atom is -0.393 e. The fourth-order valence-electron chi connectivity index (χ4n) is 2.88. The fraction of sp³-hybridized carbons (Fsp3) is 0.333. The van der Waals surface area contributed by atoms with Gasteiger partial charge in [0.05, 0.1) is 22.4 Å². The number of pyridine rings is 1. The summed E-state index contributed by atoms with van der Waals surface area (Å²) in [6.07, 6.45) is 4.53. The van der Waals surface area contributed by atoms with E-state index in [1.807, 2.05) is 24.3 Å². The summed E-state index contributed by atoms with van der Waals surface area (Å²) in [6.45, 7) is 0. The molecule has 0 bridgehead atoms. The van der Waals surface area contributed by atoms with Crippen LogP contribution < -0.4 is 5.32 Å². The van der Waals surface area contributed by atoms with Crippen molar-refractivity contribution in [2.24, 2.45) is 0 Å². The van der Waals surface area contributed by atoms with Gasteiger partial charge in [0, 0.05) is 17.8 Å². The first-order chi connectivity index (χ1) is 11.1. The number of hydrogen-bond acceptors (Lipinski definition) is 3. The van der Waals surface area contributed by atoms with Crippen molar-refractivity contribution in [3.05, 3.63) is 53.2 Å². The van der Waals surface area contributed by atoms with Crippen LogP contribution in [0.3, 0.4) is 0 Å². The number of nitrogens with zero attached hydrogens (tertiary/aromatic N) is 1. The lowest BCUT2D eigenvalue weighted by molar-refractivity contribution is 0.0868. The summed E-state index contributed by atoms with van der Waals surface area (Å²) < 4.78 is 0. The summed E-state index contributed by atoms with van der Waals surface area (Å²) in [6, 6.07) is 11.1. The lowest BCUT2D eigenvalue weighted by atomic mass is 9.93. The SMILES string of the molecule is O=C(NC1CCC(O)CC1)c1cc(-c2ccccn2)ccc1Cl. The minimum absolute atomic E-state index is 0.0977. The number of aliphatic hydroxyl groups excluding tert-OH is 1. The molecule has 0 radical (unpaired) electrons. The number of benzene rings is 1. The van der Waals surface area contributed by atoms with Crippen LogP contribution >= 0.6 is 11.6 Å². The quantitative estimate of drug-likeness (QED) is 0.906. The number of carbonyl (C=O) groups excluding carboxylic acids is 1. The van der Waals surface area contributed by atoms with Gasteiger partial charge in [-0.2, -0.15) is 0 Å². The van der Waals surface area contributed by atoms with Crippen LogP contribution in [0.2, 0.25) is 5.02 Å². The van der Waals surface area contributed by atoms with Crippen molar-refractivity contribution >= 4 is 17.5 Å². The molecule has 0 unspecified atom stereocenters. The zero-order chi connectivity index (χ0) is 16.2. The van der Waals surface area contributed by atoms with Crippen LogP contribution in [-0.2, 0) is 0 Å². The van der Waals surface area contributed by atoms with Crippen molar-refractivity contribution < 1.29 is 9.90 Å². The molecule has 3 rings (SSSR count). The van der Waals surface area contributed by atoms with Gasteiger partial charge in [0.1, 0.15) is 0 Å². The zero-order valence-corrected chi connectivity index (χ0v) is 13.5. The van der Waals surface area contributed by atoms with E-state index in [0.29, 0.717) is 10.6 Å². The van der Waals surface area contributed by atoms with Gasteiger partial charge >= 0.3 is 0 Å². The molecule has 5 heteroatoms. The standard InChI is InChI=1S/C18H19ClN2O2/c19-16-9-4-12(17-3-1-2-10-20-17)11-15(16)18(23)21-13-5-7-14(22)8-6-13/h1-4,9-11,13-14,22H,5-8H2,(H,21,23). The van der Waals surface area contributed by atoms with Gasteiger partial charge < -0.3 is 10.4 Å². The third-order valence-electron chi connectivity index (χ3n) is 4.20. The lowest BCUT2D eigenvalue weighted by Gasteiger charge is -2.26. The summed E-state index contributed by atoms with van der Waals surface area (Å²) in [7, 11) is 0. The highest BCUT2D eigenvalue weighted by atomic mass is 35.5. The molecule has 1 amide bonds. The predicted octanol–water partition coefficient (Wildman–Crippen LogP) is 3.44. The molecule has 1 fully saturated rings. The number of aromatic nitrogens is 1. The molecule has 0 atom stereocenters. The zero-order valence-electron chi connectivity index (χ0n) is 12.7. The number of carbonyl (C=O) groups is 1. The third kappa shape index (κ3) is 3.89. The molecule has 1 aliphatic carbocycles. The Kier molecular flexibility index (Phi) is 4.94. The van der Waals surface area contributed by atoms with Crippen LogP contribution in [0.4, 0.5) is 0 Å². The van der Waals surface area contributed by atoms with Crippen LogP contribution in [0.5, 0.6) is 0 Å². The second kappa shape index (κ2) is 7.11. The van der Waals surface area contributed by atoms with E-state index in [1.165, 1.54) is 0 Å². The Morgan fingerprint density at radius 2 is 1.96 bits per heavy atom. The molecular weight excluding hydrogens is 312 g/mol. The molecule has 1 aliphatic rings. The number of hydrogen-bond donors (Lipinski definition) is 2. The highest BCUT2D eigenvalue weighted by Crippen LogP contribution is 2.25. The summed E-state index contributed by atoms with van der Waals surface area (Å²) >= 11 is 6.20. The molecule has 1 heterocycles. The van der Waals surface area contributed by atoms with Crippen LogP contribution in [0.25, 0.3) is 11.3 Å². The van der Waals surface area contributed by atoms with Crippen LogP contribution in [0.1, 0.15) is 36.0 Å². The van der Waals surface area contributed by atoms with Crippen molar-refractivity contribution in [3.8, 4) is 11.3 Å². The number of aliphatic hydroxyl groups is 1. The first-order valence-electron chi connectivity index (χ1n) is 7.83. The highest BCUT2D eigenvalue weighted by molar-refractivity contribution is 6.34. The second-order valence-corrected chi connectivity index (χ2v) is 6.30. The maximum Gasteiger partial charge on any atom is 0.253 e. The Morgan fingerprint density at radius 1 is 1.17 bits per heavy atom. The van der Waals surface area contributed by atoms with E-state index in [9.17, 15) is 9.90 Å². The highest BCUT2D eigenvalue weighted by Gasteiger charge is 2.22. The van der Waals surface area contributed by atoms with E-state index >= 15 is 0 Å². The van der Waals surface area contributed by atoms with Gasteiger partial charge in [-0.15, -0.1) is 0 Å². The Labute approximate surface area is 140 Å². The van der Waals surface area contributed by atoms with Gasteiger partial charge in [-0.3, -0.25) is 9.78 Å². The molecule has 0 spiro atoms. The van der Waals surface area contributed by atoms with E-state index in [4.69, 9.17) is 11.6 Å². The van der Waals surface area contributed by atoms with Crippen molar-refractivity contribution in [3.63, 3.8) is 0 Å². The molecule has 0 saturated heterocycles. The molecule has 23 heavy (non-hydrogen) atoms. The number of halogens is 1. The number of nitrogens with one attached hydrogen (secondary N) is 1. The Morgan fingerprint density at radius 3 is 2.65 bits per heavy atom. The summed E-state index contributed by atoms with van der Waals surface area (Å²) in [5.74, 6) is -0.172. The second-order valence-electron chi connectivity index (χ2n) is 5.89. The normalized spacial score (nSPS) is 21.0. The molecule has 120 valence electrons. The van der Waals surface area contributed by atoms with Gasteiger partial charge in [0.2, 0.25) is 0 Å². The molecule has 4 nitrogen and oxygen atoms in total. The van der Waals surface area contributed by atoms with Crippen molar-refractivity contribution in [1.82, 2.24) is 10.3 Å². The van der Waals surface area contributed by atoms with E-state index < -0.39 is 0 Å². The Bertz CT molecular complexity index is 683. The van der Waals surface area contributed by atoms with E-state index in [1.54, 1.807) is 18.3 Å². The Balaban J connectivity index is 1.77. The Hall–Kier alpha value is -1.91. The molecule has 1 aromatic carbocycles. The van der Waals surface area contributed by atoms with Crippen LogP contribution in [-0.4, -0.2) is 28.1 Å². The summed E-state index contributed by atoms with van der Waals surface area (Å²) in [4.78, 5) is 16.8. The predicted molar refractivity (Wildman–Crippen MR) is 90.4 cm³/mol. The van der Waals surface area contributed by atoms with Crippen LogP contribution in [0, 0.1) is 0 Å². The maximum atomic E-state index is 12.5. The molecule has 2 N–H and O–H groups in total. The molecule has 1 saturated carbocycles. The fourth-order valence-corrected chi connectivity index (χ4v) is 3.08. The minimum atomic E-state index is -0.237. The maximum absolute atomic E-state index is 12.5. The van der Waals surface area contributed by atoms with Crippen molar-refractivity contribution in [2.75, 3.05) is 0 Å². The van der Waals surface area contributed by atoms with Gasteiger partial charge in [-0.1, -0.05) is 23.7 Å². The lowest BCUT2D eigenvalue weighted by Crippen LogP contribution is -2.38. The smallest absolute Gasteiger partial charge is 0.253 e. The average molecular weight is 331 g/mol. The van der Waals surface area contributed by atoms with Gasteiger partial charge in [0.25, 0.3) is 5.91 Å². The van der Waals surface area contributed by atoms with E-state index in [0.717, 1.165) is 36.9 Å². The van der Waals surface area contributed by atoms with Gasteiger partial charge in [-0.05, 0) is 49.9 Å². The monoisotopic (exact) mass is 330 g/mol. The molecule has 2 aromatic rings.